The fourth-order valence-corrected chi connectivity index (χ4v) is 5.29. The van der Waals surface area contributed by atoms with Crippen LogP contribution in [0.15, 0.2) is 12.4 Å². The minimum Gasteiger partial charge on any atom is -0.345 e. The first-order valence-corrected chi connectivity index (χ1v) is 7.85. The first kappa shape index (κ1) is 13.2. The molecule has 0 saturated heterocycles. The number of nitrogens with two attached hydrogens (primary N) is 1. The average Bonchev–Trinajstić information content (AvgIpc) is 2.35. The van der Waals surface area contributed by atoms with E-state index in [1.807, 2.05) is 6.92 Å². The Bertz CT molecular complexity index is 568. The topological polar surface area (TPSA) is 80.9 Å². The first-order chi connectivity index (χ1) is 9.95. The number of aromatic nitrogens is 2. The standard InChI is InChI=1S/C16H22N4O/c1-10-7-19-13(8-18-10)14(21)20-16-5-11-2-12(6-16)4-15(17,3-11)9-16/h7-8,11-12H,2-6,9,17H2,1H3,(H,20,21). The minimum atomic E-state index is -0.109. The summed E-state index contributed by atoms with van der Waals surface area (Å²) in [7, 11) is 0. The third kappa shape index (κ3) is 2.24. The van der Waals surface area contributed by atoms with Crippen molar-refractivity contribution in [3.8, 4) is 0 Å². The van der Waals surface area contributed by atoms with Crippen LogP contribution in [0.3, 0.4) is 0 Å². The van der Waals surface area contributed by atoms with Crippen LogP contribution < -0.4 is 11.1 Å². The summed E-state index contributed by atoms with van der Waals surface area (Å²) in [6.07, 6.45) is 9.82. The average molecular weight is 286 g/mol. The van der Waals surface area contributed by atoms with Gasteiger partial charge in [-0.05, 0) is 57.3 Å². The number of hydrogen-bond acceptors (Lipinski definition) is 4. The summed E-state index contributed by atoms with van der Waals surface area (Å²) in [6.45, 7) is 1.87. The van der Waals surface area contributed by atoms with Crippen LogP contribution in [0.2, 0.25) is 0 Å². The lowest BCUT2D eigenvalue weighted by atomic mass is 9.50. The van der Waals surface area contributed by atoms with Crippen molar-refractivity contribution in [3.05, 3.63) is 23.8 Å². The quantitative estimate of drug-likeness (QED) is 0.864. The van der Waals surface area contributed by atoms with Crippen LogP contribution in [0.1, 0.15) is 54.7 Å². The van der Waals surface area contributed by atoms with Crippen molar-refractivity contribution >= 4 is 5.91 Å². The van der Waals surface area contributed by atoms with E-state index in [1.54, 1.807) is 12.4 Å². The van der Waals surface area contributed by atoms with Gasteiger partial charge in [-0.25, -0.2) is 4.98 Å². The third-order valence-corrected chi connectivity index (χ3v) is 5.50. The highest BCUT2D eigenvalue weighted by atomic mass is 16.2. The maximum absolute atomic E-state index is 12.5. The maximum atomic E-state index is 12.5. The summed E-state index contributed by atoms with van der Waals surface area (Å²) in [5.74, 6) is 1.26. The van der Waals surface area contributed by atoms with Gasteiger partial charge in [0.25, 0.3) is 5.91 Å². The fourth-order valence-electron chi connectivity index (χ4n) is 5.29. The zero-order chi connectivity index (χ0) is 14.7. The molecule has 0 aromatic carbocycles. The van der Waals surface area contributed by atoms with E-state index in [0.29, 0.717) is 17.5 Å². The van der Waals surface area contributed by atoms with Crippen LogP contribution in [0.4, 0.5) is 0 Å². The van der Waals surface area contributed by atoms with Gasteiger partial charge in [0.15, 0.2) is 0 Å². The Morgan fingerprint density at radius 1 is 1.24 bits per heavy atom. The molecule has 4 bridgehead atoms. The number of aryl methyl sites for hydroxylation is 1. The summed E-state index contributed by atoms with van der Waals surface area (Å²) in [5, 5.41) is 3.26. The molecule has 0 aliphatic heterocycles. The second kappa shape index (κ2) is 4.26. The molecule has 5 nitrogen and oxygen atoms in total. The molecule has 3 N–H and O–H groups in total. The Kier molecular flexibility index (Phi) is 2.67. The largest absolute Gasteiger partial charge is 0.345 e. The smallest absolute Gasteiger partial charge is 0.271 e. The van der Waals surface area contributed by atoms with E-state index in [-0.39, 0.29) is 17.0 Å². The fraction of sp³-hybridized carbons (Fsp3) is 0.688. The van der Waals surface area contributed by atoms with Crippen LogP contribution >= 0.6 is 0 Å². The van der Waals surface area contributed by atoms with Crippen LogP contribution in [-0.2, 0) is 0 Å². The zero-order valence-corrected chi connectivity index (χ0v) is 12.4. The third-order valence-electron chi connectivity index (χ3n) is 5.50. The van der Waals surface area contributed by atoms with Gasteiger partial charge in [0.2, 0.25) is 0 Å². The Hall–Kier alpha value is -1.49. The molecular formula is C16H22N4O. The molecule has 5 heteroatoms. The van der Waals surface area contributed by atoms with Crippen molar-refractivity contribution in [3.63, 3.8) is 0 Å². The monoisotopic (exact) mass is 286 g/mol. The minimum absolute atomic E-state index is 0.0592. The Morgan fingerprint density at radius 3 is 2.52 bits per heavy atom. The lowest BCUT2D eigenvalue weighted by Gasteiger charge is -2.61. The predicted octanol–water partition coefficient (Wildman–Crippen LogP) is 1.56. The van der Waals surface area contributed by atoms with Crippen LogP contribution in [0.5, 0.6) is 0 Å². The number of carbonyl (C=O) groups is 1. The van der Waals surface area contributed by atoms with E-state index in [4.69, 9.17) is 5.73 Å². The summed E-state index contributed by atoms with van der Waals surface area (Å²) >= 11 is 0. The molecule has 0 spiro atoms. The number of nitrogens with zero attached hydrogens (tertiary/aromatic N) is 2. The molecule has 21 heavy (non-hydrogen) atoms. The van der Waals surface area contributed by atoms with Crippen molar-refractivity contribution in [1.29, 1.82) is 0 Å². The zero-order valence-electron chi connectivity index (χ0n) is 12.4. The SMILES string of the molecule is Cc1cnc(C(=O)NC23CC4CC(CC(N)(C4)C2)C3)cn1. The van der Waals surface area contributed by atoms with Gasteiger partial charge in [0.1, 0.15) is 5.69 Å². The molecule has 4 aliphatic carbocycles. The molecule has 1 heterocycles. The second-order valence-electron chi connectivity index (χ2n) is 7.60. The second-order valence-corrected chi connectivity index (χ2v) is 7.60. The molecule has 5 rings (SSSR count). The van der Waals surface area contributed by atoms with Gasteiger partial charge >= 0.3 is 0 Å². The van der Waals surface area contributed by atoms with Crippen molar-refractivity contribution < 1.29 is 4.79 Å². The lowest BCUT2D eigenvalue weighted by molar-refractivity contribution is -0.0321. The van der Waals surface area contributed by atoms with E-state index in [2.05, 4.69) is 15.3 Å². The Balaban J connectivity index is 1.56. The van der Waals surface area contributed by atoms with Gasteiger partial charge < -0.3 is 11.1 Å². The maximum Gasteiger partial charge on any atom is 0.271 e. The summed E-state index contributed by atoms with van der Waals surface area (Å²) in [4.78, 5) is 20.8. The van der Waals surface area contributed by atoms with Gasteiger partial charge in [-0.2, -0.15) is 0 Å². The molecule has 2 unspecified atom stereocenters. The number of hydrogen-bond donors (Lipinski definition) is 2. The van der Waals surface area contributed by atoms with Crippen molar-refractivity contribution in [1.82, 2.24) is 15.3 Å². The van der Waals surface area contributed by atoms with Crippen molar-refractivity contribution in [2.45, 2.75) is 56.5 Å². The number of carbonyl (C=O) groups excluding carboxylic acids is 1. The summed E-state index contributed by atoms with van der Waals surface area (Å²) in [5.41, 5.74) is 7.62. The van der Waals surface area contributed by atoms with Gasteiger partial charge in [0.05, 0.1) is 11.9 Å². The van der Waals surface area contributed by atoms with E-state index < -0.39 is 0 Å². The van der Waals surface area contributed by atoms with E-state index in [0.717, 1.165) is 37.8 Å². The summed E-state index contributed by atoms with van der Waals surface area (Å²) < 4.78 is 0. The highest BCUT2D eigenvalue weighted by Crippen LogP contribution is 2.56. The highest BCUT2D eigenvalue weighted by molar-refractivity contribution is 5.92. The Morgan fingerprint density at radius 2 is 1.95 bits per heavy atom. The first-order valence-electron chi connectivity index (χ1n) is 7.85. The van der Waals surface area contributed by atoms with Crippen LogP contribution in [-0.4, -0.2) is 27.0 Å². The van der Waals surface area contributed by atoms with Gasteiger partial charge in [-0.3, -0.25) is 9.78 Å². The molecule has 1 amide bonds. The molecule has 112 valence electrons. The summed E-state index contributed by atoms with van der Waals surface area (Å²) in [6, 6.07) is 0. The molecule has 4 saturated carbocycles. The molecule has 1 aromatic rings. The van der Waals surface area contributed by atoms with Crippen molar-refractivity contribution in [2.75, 3.05) is 0 Å². The number of rotatable bonds is 2. The lowest BCUT2D eigenvalue weighted by Crippen LogP contribution is -2.68. The molecule has 4 fully saturated rings. The normalized spacial score (nSPS) is 40.3. The van der Waals surface area contributed by atoms with Crippen molar-refractivity contribution in [2.24, 2.45) is 17.6 Å². The molecular weight excluding hydrogens is 264 g/mol. The van der Waals surface area contributed by atoms with E-state index in [9.17, 15) is 4.79 Å². The van der Waals surface area contributed by atoms with Crippen LogP contribution in [0, 0.1) is 18.8 Å². The predicted molar refractivity (Wildman–Crippen MR) is 78.6 cm³/mol. The van der Waals surface area contributed by atoms with E-state index >= 15 is 0 Å². The molecule has 1 aromatic heterocycles. The number of nitrogens with one attached hydrogen (secondary N) is 1. The Labute approximate surface area is 124 Å². The molecule has 4 aliphatic rings. The van der Waals surface area contributed by atoms with Gasteiger partial charge in [-0.1, -0.05) is 0 Å². The molecule has 0 radical (unpaired) electrons. The van der Waals surface area contributed by atoms with Crippen LogP contribution in [0.25, 0.3) is 0 Å². The van der Waals surface area contributed by atoms with Gasteiger partial charge in [-0.15, -0.1) is 0 Å². The van der Waals surface area contributed by atoms with Gasteiger partial charge in [0, 0.05) is 17.3 Å². The highest BCUT2D eigenvalue weighted by Gasteiger charge is 2.56. The number of amides is 1. The van der Waals surface area contributed by atoms with E-state index in [1.165, 1.54) is 6.42 Å². The molecule has 2 atom stereocenters.